The summed E-state index contributed by atoms with van der Waals surface area (Å²) < 4.78 is 0. The Labute approximate surface area is 208 Å². The van der Waals surface area contributed by atoms with E-state index in [0.717, 1.165) is 44.2 Å². The standard InChI is InChI=1S/C27H42N2O6/c1-25(2,23(32)24(33)34)15-28-22(31)14-35-29-17-9-11-26(3)16(13-17)5-6-18-19-7-8-21(30)27(19,4)12-10-20(18)26/h13,18-21,23,30,32H,5-12,14-15H2,1-4H3,(H,28,31)(H,33,34)/b29-17-/t18-,19-,20+,21-,23+,26-,27-/m0/s1. The number of aliphatic hydroxyl groups excluding tert-OH is 2. The van der Waals surface area contributed by atoms with E-state index in [-0.39, 0.29) is 30.1 Å². The number of amides is 1. The van der Waals surface area contributed by atoms with Crippen molar-refractivity contribution in [2.24, 2.45) is 39.2 Å². The van der Waals surface area contributed by atoms with Gasteiger partial charge in [-0.3, -0.25) is 4.79 Å². The van der Waals surface area contributed by atoms with Crippen LogP contribution in [0.4, 0.5) is 0 Å². The number of carboxylic acids is 1. The molecule has 4 N–H and O–H groups in total. The van der Waals surface area contributed by atoms with E-state index in [1.165, 1.54) is 18.4 Å². The smallest absolute Gasteiger partial charge is 0.333 e. The summed E-state index contributed by atoms with van der Waals surface area (Å²) >= 11 is 0. The van der Waals surface area contributed by atoms with Crippen LogP contribution in [0.3, 0.4) is 0 Å². The molecule has 0 aromatic rings. The maximum absolute atomic E-state index is 12.1. The Kier molecular flexibility index (Phi) is 7.10. The molecule has 0 radical (unpaired) electrons. The molecule has 1 amide bonds. The minimum Gasteiger partial charge on any atom is -0.479 e. The van der Waals surface area contributed by atoms with Gasteiger partial charge < -0.3 is 25.5 Å². The first-order chi connectivity index (χ1) is 16.4. The van der Waals surface area contributed by atoms with Gasteiger partial charge in [0.15, 0.2) is 12.7 Å². The Morgan fingerprint density at radius 3 is 2.63 bits per heavy atom. The molecule has 4 rings (SSSR count). The number of carbonyl (C=O) groups excluding carboxylic acids is 1. The van der Waals surface area contributed by atoms with Crippen LogP contribution in [0, 0.1) is 34.0 Å². The first kappa shape index (κ1) is 26.1. The van der Waals surface area contributed by atoms with Crippen molar-refractivity contribution in [2.75, 3.05) is 13.2 Å². The van der Waals surface area contributed by atoms with Crippen molar-refractivity contribution in [3.8, 4) is 0 Å². The number of aliphatic hydroxyl groups is 2. The lowest BCUT2D eigenvalue weighted by Crippen LogP contribution is -2.51. The molecule has 0 heterocycles. The average Bonchev–Trinajstić information content (AvgIpc) is 3.11. The zero-order valence-corrected chi connectivity index (χ0v) is 21.5. The normalized spacial score (nSPS) is 38.6. The summed E-state index contributed by atoms with van der Waals surface area (Å²) in [6, 6.07) is 0. The number of rotatable bonds is 7. The van der Waals surface area contributed by atoms with Crippen LogP contribution < -0.4 is 5.32 Å². The van der Waals surface area contributed by atoms with E-state index < -0.39 is 23.4 Å². The molecule has 0 unspecified atom stereocenters. The molecular weight excluding hydrogens is 448 g/mol. The molecule has 3 saturated carbocycles. The summed E-state index contributed by atoms with van der Waals surface area (Å²) in [6.07, 6.45) is 8.93. The summed E-state index contributed by atoms with van der Waals surface area (Å²) in [5.74, 6) is 0.256. The van der Waals surface area contributed by atoms with Gasteiger partial charge in [0.05, 0.1) is 11.8 Å². The van der Waals surface area contributed by atoms with Gasteiger partial charge in [0.2, 0.25) is 0 Å². The van der Waals surface area contributed by atoms with Crippen molar-refractivity contribution < 1.29 is 29.7 Å². The Balaban J connectivity index is 1.33. The maximum Gasteiger partial charge on any atom is 0.333 e. The molecule has 0 spiro atoms. The fraction of sp³-hybridized carbons (Fsp3) is 0.815. The molecule has 8 heteroatoms. The van der Waals surface area contributed by atoms with Crippen molar-refractivity contribution in [3.05, 3.63) is 11.6 Å². The first-order valence-electron chi connectivity index (χ1n) is 13.1. The fourth-order valence-corrected chi connectivity index (χ4v) is 7.60. The summed E-state index contributed by atoms with van der Waals surface area (Å²) in [5.41, 5.74) is 1.57. The monoisotopic (exact) mass is 490 g/mol. The second kappa shape index (κ2) is 9.51. The van der Waals surface area contributed by atoms with Crippen LogP contribution in [-0.2, 0) is 14.4 Å². The number of oxime groups is 1. The highest BCUT2D eigenvalue weighted by atomic mass is 16.6. The first-order valence-corrected chi connectivity index (χ1v) is 13.1. The minimum atomic E-state index is -1.57. The fourth-order valence-electron chi connectivity index (χ4n) is 7.60. The highest BCUT2D eigenvalue weighted by Gasteiger charge is 2.58. The zero-order chi connectivity index (χ0) is 25.6. The number of nitrogens with one attached hydrogen (secondary N) is 1. The lowest BCUT2D eigenvalue weighted by molar-refractivity contribution is -0.153. The van der Waals surface area contributed by atoms with E-state index in [1.807, 2.05) is 0 Å². The van der Waals surface area contributed by atoms with E-state index >= 15 is 0 Å². The van der Waals surface area contributed by atoms with E-state index in [4.69, 9.17) is 9.94 Å². The Morgan fingerprint density at radius 2 is 1.91 bits per heavy atom. The van der Waals surface area contributed by atoms with Gasteiger partial charge in [0, 0.05) is 12.0 Å². The number of carboxylic acid groups (broad SMARTS) is 1. The maximum atomic E-state index is 12.1. The van der Waals surface area contributed by atoms with E-state index in [2.05, 4.69) is 30.4 Å². The van der Waals surface area contributed by atoms with Crippen molar-refractivity contribution >= 4 is 17.6 Å². The SMILES string of the molecule is CC(C)(CNC(=O)CO/N=C1\C=C2CC[C@@H]3[C@@H](CC[C@]4(C)[C@@H](O)CC[C@@H]34)[C@@]2(C)CC1)[C@H](O)C(=O)O. The molecule has 0 saturated heterocycles. The zero-order valence-electron chi connectivity index (χ0n) is 21.5. The predicted molar refractivity (Wildman–Crippen MR) is 132 cm³/mol. The van der Waals surface area contributed by atoms with Crippen LogP contribution in [0.25, 0.3) is 0 Å². The van der Waals surface area contributed by atoms with Gasteiger partial charge in [-0.05, 0) is 86.0 Å². The highest BCUT2D eigenvalue weighted by Crippen LogP contribution is 2.65. The summed E-state index contributed by atoms with van der Waals surface area (Å²) in [5, 5.41) is 36.2. The highest BCUT2D eigenvalue weighted by molar-refractivity contribution is 5.96. The molecule has 7 atom stereocenters. The average molecular weight is 491 g/mol. The van der Waals surface area contributed by atoms with Gasteiger partial charge in [-0.25, -0.2) is 4.79 Å². The molecule has 4 aliphatic rings. The van der Waals surface area contributed by atoms with Crippen LogP contribution in [0.15, 0.2) is 16.8 Å². The predicted octanol–water partition coefficient (Wildman–Crippen LogP) is 3.27. The van der Waals surface area contributed by atoms with Gasteiger partial charge in [0.1, 0.15) is 0 Å². The van der Waals surface area contributed by atoms with Crippen molar-refractivity contribution in [2.45, 2.75) is 91.3 Å². The van der Waals surface area contributed by atoms with Crippen molar-refractivity contribution in [3.63, 3.8) is 0 Å². The Hall–Kier alpha value is -1.93. The number of aliphatic carboxylic acids is 1. The third kappa shape index (κ3) is 4.76. The lowest BCUT2D eigenvalue weighted by atomic mass is 9.47. The molecule has 0 aliphatic heterocycles. The summed E-state index contributed by atoms with van der Waals surface area (Å²) in [4.78, 5) is 28.5. The van der Waals surface area contributed by atoms with Gasteiger partial charge in [0.25, 0.3) is 5.91 Å². The Bertz CT molecular complexity index is 913. The molecule has 35 heavy (non-hydrogen) atoms. The number of allylic oxidation sites excluding steroid dienone is 2. The van der Waals surface area contributed by atoms with Gasteiger partial charge in [-0.15, -0.1) is 0 Å². The van der Waals surface area contributed by atoms with Crippen LogP contribution >= 0.6 is 0 Å². The van der Waals surface area contributed by atoms with Gasteiger partial charge in [-0.2, -0.15) is 0 Å². The molecule has 0 bridgehead atoms. The molecule has 0 aromatic heterocycles. The second-order valence-electron chi connectivity index (χ2n) is 12.5. The number of nitrogens with zero attached hydrogens (tertiary/aromatic N) is 1. The molecule has 8 nitrogen and oxygen atoms in total. The third-order valence-corrected chi connectivity index (χ3v) is 10.0. The summed E-state index contributed by atoms with van der Waals surface area (Å²) in [6.45, 7) is 7.65. The third-order valence-electron chi connectivity index (χ3n) is 10.0. The summed E-state index contributed by atoms with van der Waals surface area (Å²) in [7, 11) is 0. The van der Waals surface area contributed by atoms with Gasteiger partial charge in [-0.1, -0.05) is 38.4 Å². The molecule has 196 valence electrons. The largest absolute Gasteiger partial charge is 0.479 e. The van der Waals surface area contributed by atoms with E-state index in [9.17, 15) is 19.8 Å². The van der Waals surface area contributed by atoms with Crippen LogP contribution in [0.2, 0.25) is 0 Å². The van der Waals surface area contributed by atoms with Gasteiger partial charge >= 0.3 is 5.97 Å². The van der Waals surface area contributed by atoms with E-state index in [0.29, 0.717) is 17.8 Å². The number of carbonyl (C=O) groups is 2. The molecule has 0 aromatic carbocycles. The number of fused-ring (bicyclic) bond motifs is 5. The molecular formula is C27H42N2O6. The van der Waals surface area contributed by atoms with Crippen LogP contribution in [0.1, 0.15) is 79.1 Å². The van der Waals surface area contributed by atoms with Crippen LogP contribution in [0.5, 0.6) is 0 Å². The van der Waals surface area contributed by atoms with Crippen LogP contribution in [-0.4, -0.2) is 58.3 Å². The molecule has 3 fully saturated rings. The second-order valence-corrected chi connectivity index (χ2v) is 12.5. The Morgan fingerprint density at radius 1 is 1.17 bits per heavy atom. The minimum absolute atomic E-state index is 0.0151. The quantitative estimate of drug-likeness (QED) is 0.406. The van der Waals surface area contributed by atoms with Crippen molar-refractivity contribution in [1.82, 2.24) is 5.32 Å². The number of hydrogen-bond donors (Lipinski definition) is 4. The topological polar surface area (TPSA) is 128 Å². The van der Waals surface area contributed by atoms with Crippen molar-refractivity contribution in [1.29, 1.82) is 0 Å². The van der Waals surface area contributed by atoms with E-state index in [1.54, 1.807) is 13.8 Å². The number of hydrogen-bond acceptors (Lipinski definition) is 6. The molecule has 4 aliphatic carbocycles. The lowest BCUT2D eigenvalue weighted by Gasteiger charge is -2.57.